The fourth-order valence-corrected chi connectivity index (χ4v) is 4.47. The molecule has 3 aromatic rings. The number of piperidine rings is 1. The second-order valence-corrected chi connectivity index (χ2v) is 8.61. The Hall–Kier alpha value is -2.77. The number of nitrogens with zero attached hydrogens (tertiary/aromatic N) is 1. The van der Waals surface area contributed by atoms with Crippen molar-refractivity contribution in [3.8, 4) is 22.6 Å². The van der Waals surface area contributed by atoms with Gasteiger partial charge in [-0.1, -0.05) is 23.7 Å². The summed E-state index contributed by atoms with van der Waals surface area (Å²) in [5.74, 6) is 0.966. The van der Waals surface area contributed by atoms with E-state index in [0.29, 0.717) is 22.8 Å². The van der Waals surface area contributed by atoms with E-state index in [-0.39, 0.29) is 22.4 Å². The lowest BCUT2D eigenvalue weighted by atomic mass is 9.91. The molecule has 4 nitrogen and oxygen atoms in total. The number of alkyl halides is 3. The van der Waals surface area contributed by atoms with Crippen molar-refractivity contribution in [1.82, 2.24) is 9.88 Å². The summed E-state index contributed by atoms with van der Waals surface area (Å²) in [6, 6.07) is 13.0. The molecular formula is C25H24ClF3N2O2. The lowest BCUT2D eigenvalue weighted by molar-refractivity contribution is -0.137. The van der Waals surface area contributed by atoms with Crippen LogP contribution >= 0.6 is 11.6 Å². The maximum atomic E-state index is 12.9. The van der Waals surface area contributed by atoms with Gasteiger partial charge in [0.25, 0.3) is 5.56 Å². The van der Waals surface area contributed by atoms with E-state index >= 15 is 0 Å². The molecule has 0 bridgehead atoms. The van der Waals surface area contributed by atoms with E-state index in [1.807, 2.05) is 6.07 Å². The van der Waals surface area contributed by atoms with Gasteiger partial charge in [-0.15, -0.1) is 0 Å². The SMILES string of the molecule is CC(C1CCNCC1)n1ccc(-c2cccc(Oc3ccc(C(F)(F)F)cc3)c2Cl)cc1=O. The predicted molar refractivity (Wildman–Crippen MR) is 123 cm³/mol. The number of hydrogen-bond acceptors (Lipinski definition) is 3. The molecule has 2 heterocycles. The Balaban J connectivity index is 1.57. The molecule has 1 aliphatic heterocycles. The molecule has 4 rings (SSSR count). The molecular weight excluding hydrogens is 453 g/mol. The van der Waals surface area contributed by atoms with Crippen molar-refractivity contribution in [2.45, 2.75) is 32.0 Å². The minimum Gasteiger partial charge on any atom is -0.456 e. The van der Waals surface area contributed by atoms with Gasteiger partial charge in [-0.3, -0.25) is 4.79 Å². The van der Waals surface area contributed by atoms with E-state index in [1.54, 1.807) is 35.0 Å². The second kappa shape index (κ2) is 9.61. The molecule has 0 spiro atoms. The van der Waals surface area contributed by atoms with Crippen molar-refractivity contribution in [3.63, 3.8) is 0 Å². The smallest absolute Gasteiger partial charge is 0.416 e. The van der Waals surface area contributed by atoms with Crippen LogP contribution < -0.4 is 15.6 Å². The maximum Gasteiger partial charge on any atom is 0.416 e. The van der Waals surface area contributed by atoms with Crippen LogP contribution in [0.4, 0.5) is 13.2 Å². The standard InChI is InChI=1S/C25H24ClF3N2O2/c1-16(17-9-12-30-13-10-17)31-14-11-18(15-23(31)32)21-3-2-4-22(24(21)26)33-20-7-5-19(6-8-20)25(27,28)29/h2-8,11,14-17,30H,9-10,12-13H2,1H3. The summed E-state index contributed by atoms with van der Waals surface area (Å²) in [5, 5.41) is 3.62. The van der Waals surface area contributed by atoms with Crippen LogP contribution in [0.1, 0.15) is 31.4 Å². The lowest BCUT2D eigenvalue weighted by Crippen LogP contribution is -2.34. The summed E-state index contributed by atoms with van der Waals surface area (Å²) >= 11 is 6.55. The monoisotopic (exact) mass is 476 g/mol. The molecule has 1 unspecified atom stereocenters. The summed E-state index contributed by atoms with van der Waals surface area (Å²) < 4.78 is 45.8. The van der Waals surface area contributed by atoms with Crippen molar-refractivity contribution >= 4 is 11.6 Å². The minimum atomic E-state index is -4.42. The van der Waals surface area contributed by atoms with E-state index in [4.69, 9.17) is 16.3 Å². The van der Waals surface area contributed by atoms with Crippen LogP contribution in [0.3, 0.4) is 0 Å². The normalized spacial score (nSPS) is 15.9. The number of ether oxygens (including phenoxy) is 1. The van der Waals surface area contributed by atoms with Crippen molar-refractivity contribution in [2.75, 3.05) is 13.1 Å². The predicted octanol–water partition coefficient (Wildman–Crippen LogP) is 6.54. The first kappa shape index (κ1) is 23.4. The molecule has 0 radical (unpaired) electrons. The van der Waals surface area contributed by atoms with Crippen LogP contribution in [0.15, 0.2) is 65.6 Å². The average molecular weight is 477 g/mol. The molecule has 0 saturated carbocycles. The number of rotatable bonds is 5. The van der Waals surface area contributed by atoms with E-state index in [0.717, 1.165) is 38.1 Å². The lowest BCUT2D eigenvalue weighted by Gasteiger charge is -2.29. The number of pyridine rings is 1. The van der Waals surface area contributed by atoms with E-state index in [9.17, 15) is 18.0 Å². The van der Waals surface area contributed by atoms with Gasteiger partial charge in [-0.05, 0) is 80.7 Å². The Labute approximate surface area is 195 Å². The van der Waals surface area contributed by atoms with Crippen LogP contribution in [0.2, 0.25) is 5.02 Å². The molecule has 0 aliphatic carbocycles. The highest BCUT2D eigenvalue weighted by Gasteiger charge is 2.30. The Morgan fingerprint density at radius 2 is 1.79 bits per heavy atom. The van der Waals surface area contributed by atoms with Crippen molar-refractivity contribution < 1.29 is 17.9 Å². The zero-order valence-electron chi connectivity index (χ0n) is 18.0. The summed E-state index contributed by atoms with van der Waals surface area (Å²) in [4.78, 5) is 12.9. The van der Waals surface area contributed by atoms with Gasteiger partial charge in [0.1, 0.15) is 11.5 Å². The molecule has 1 aromatic heterocycles. The topological polar surface area (TPSA) is 43.3 Å². The first-order chi connectivity index (χ1) is 15.7. The molecule has 0 amide bonds. The molecule has 1 saturated heterocycles. The van der Waals surface area contributed by atoms with Gasteiger partial charge < -0.3 is 14.6 Å². The number of halogens is 4. The van der Waals surface area contributed by atoms with Gasteiger partial charge in [0.15, 0.2) is 0 Å². The molecule has 33 heavy (non-hydrogen) atoms. The van der Waals surface area contributed by atoms with Crippen molar-refractivity contribution in [2.24, 2.45) is 5.92 Å². The fourth-order valence-electron chi connectivity index (χ4n) is 4.20. The van der Waals surface area contributed by atoms with Gasteiger partial charge in [-0.25, -0.2) is 0 Å². The van der Waals surface area contributed by atoms with Gasteiger partial charge in [0.2, 0.25) is 0 Å². The third kappa shape index (κ3) is 5.25. The van der Waals surface area contributed by atoms with Gasteiger partial charge in [0, 0.05) is 23.9 Å². The summed E-state index contributed by atoms with van der Waals surface area (Å²) in [7, 11) is 0. The second-order valence-electron chi connectivity index (χ2n) is 8.23. The highest BCUT2D eigenvalue weighted by molar-refractivity contribution is 6.34. The highest BCUT2D eigenvalue weighted by atomic mass is 35.5. The number of nitrogens with one attached hydrogen (secondary N) is 1. The van der Waals surface area contributed by atoms with Gasteiger partial charge >= 0.3 is 6.18 Å². The largest absolute Gasteiger partial charge is 0.456 e. The molecule has 1 fully saturated rings. The van der Waals surface area contributed by atoms with Crippen LogP contribution in [0.25, 0.3) is 11.1 Å². The number of aromatic nitrogens is 1. The molecule has 1 aliphatic rings. The third-order valence-corrected chi connectivity index (χ3v) is 6.53. The van der Waals surface area contributed by atoms with Gasteiger partial charge in [-0.2, -0.15) is 13.2 Å². The Bertz CT molecular complexity index is 1170. The average Bonchev–Trinajstić information content (AvgIpc) is 2.80. The van der Waals surface area contributed by atoms with E-state index < -0.39 is 11.7 Å². The summed E-state index contributed by atoms with van der Waals surface area (Å²) in [5.41, 5.74) is 0.397. The molecule has 1 atom stereocenters. The zero-order chi connectivity index (χ0) is 23.6. The Kier molecular flexibility index (Phi) is 6.81. The van der Waals surface area contributed by atoms with Crippen molar-refractivity contribution in [1.29, 1.82) is 0 Å². The summed E-state index contributed by atoms with van der Waals surface area (Å²) in [6.45, 7) is 3.99. The first-order valence-electron chi connectivity index (χ1n) is 10.8. The van der Waals surface area contributed by atoms with Crippen LogP contribution in [-0.4, -0.2) is 17.7 Å². The van der Waals surface area contributed by atoms with E-state index in [1.165, 1.54) is 12.1 Å². The highest BCUT2D eigenvalue weighted by Crippen LogP contribution is 2.38. The number of benzene rings is 2. The minimum absolute atomic E-state index is 0.0958. The molecule has 174 valence electrons. The van der Waals surface area contributed by atoms with Crippen LogP contribution in [0.5, 0.6) is 11.5 Å². The third-order valence-electron chi connectivity index (χ3n) is 6.14. The van der Waals surface area contributed by atoms with Crippen LogP contribution in [-0.2, 0) is 6.18 Å². The first-order valence-corrected chi connectivity index (χ1v) is 11.2. The molecule has 1 N–H and O–H groups in total. The Morgan fingerprint density at radius 3 is 2.42 bits per heavy atom. The Morgan fingerprint density at radius 1 is 1.09 bits per heavy atom. The van der Waals surface area contributed by atoms with Gasteiger partial charge in [0.05, 0.1) is 10.6 Å². The quantitative estimate of drug-likeness (QED) is 0.454. The van der Waals surface area contributed by atoms with Crippen LogP contribution in [0, 0.1) is 5.92 Å². The van der Waals surface area contributed by atoms with Crippen molar-refractivity contribution in [3.05, 3.63) is 81.7 Å². The fraction of sp³-hybridized carbons (Fsp3) is 0.320. The zero-order valence-corrected chi connectivity index (χ0v) is 18.8. The van der Waals surface area contributed by atoms with E-state index in [2.05, 4.69) is 12.2 Å². The molecule has 8 heteroatoms. The summed E-state index contributed by atoms with van der Waals surface area (Å²) in [6.07, 6.45) is -0.555. The number of hydrogen-bond donors (Lipinski definition) is 1. The maximum absolute atomic E-state index is 12.9. The molecule has 2 aromatic carbocycles.